The van der Waals surface area contributed by atoms with Crippen molar-refractivity contribution >= 4 is 11.7 Å². The predicted octanol–water partition coefficient (Wildman–Crippen LogP) is 3.67. The van der Waals surface area contributed by atoms with Crippen LogP contribution in [0.15, 0.2) is 18.2 Å². The lowest BCUT2D eigenvalue weighted by Crippen LogP contribution is -2.18. The molecule has 1 aromatic rings. The summed E-state index contributed by atoms with van der Waals surface area (Å²) in [6.45, 7) is 4.83. The van der Waals surface area contributed by atoms with Gasteiger partial charge < -0.3 is 10.1 Å². The summed E-state index contributed by atoms with van der Waals surface area (Å²) in [5, 5.41) is 3.17. The number of carbonyl (C=O) groups is 1. The number of nitrogens with one attached hydrogen (secondary N) is 1. The molecule has 2 rings (SSSR count). The van der Waals surface area contributed by atoms with Crippen molar-refractivity contribution in [2.75, 3.05) is 18.5 Å². The topological polar surface area (TPSA) is 38.3 Å². The molecule has 0 radical (unpaired) electrons. The summed E-state index contributed by atoms with van der Waals surface area (Å²) in [6.07, 6.45) is 3.44. The maximum Gasteiger partial charge on any atom is 0.305 e. The van der Waals surface area contributed by atoms with E-state index < -0.39 is 0 Å². The molecule has 0 amide bonds. The number of hydrogen-bond acceptors (Lipinski definition) is 3. The fourth-order valence-electron chi connectivity index (χ4n) is 2.34. The highest BCUT2D eigenvalue weighted by molar-refractivity contribution is 5.69. The van der Waals surface area contributed by atoms with Crippen molar-refractivity contribution in [3.8, 4) is 0 Å². The van der Waals surface area contributed by atoms with Gasteiger partial charge in [-0.25, -0.2) is 4.39 Å². The van der Waals surface area contributed by atoms with Crippen molar-refractivity contribution < 1.29 is 13.9 Å². The van der Waals surface area contributed by atoms with E-state index in [1.165, 1.54) is 6.07 Å². The molecule has 0 atom stereocenters. The first-order valence-corrected chi connectivity index (χ1v) is 7.20. The van der Waals surface area contributed by atoms with Crippen molar-refractivity contribution in [1.29, 1.82) is 0 Å². The average molecular weight is 279 g/mol. The standard InChI is InChI=1S/C16H22FNO2/c1-3-20-15(19)6-7-16(8-9-16)11-18-14-5-4-12(2)10-13(14)17/h4-5,10,18H,3,6-9,11H2,1-2H3. The van der Waals surface area contributed by atoms with Crippen LogP contribution in [0.4, 0.5) is 10.1 Å². The van der Waals surface area contributed by atoms with E-state index in [-0.39, 0.29) is 17.2 Å². The van der Waals surface area contributed by atoms with Crippen molar-refractivity contribution in [3.63, 3.8) is 0 Å². The van der Waals surface area contributed by atoms with Crippen LogP contribution in [0, 0.1) is 18.2 Å². The fraction of sp³-hybridized carbons (Fsp3) is 0.562. The van der Waals surface area contributed by atoms with Gasteiger partial charge in [0.15, 0.2) is 0 Å². The summed E-state index contributed by atoms with van der Waals surface area (Å²) in [6, 6.07) is 5.19. The number of halogens is 1. The van der Waals surface area contributed by atoms with Crippen molar-refractivity contribution in [1.82, 2.24) is 0 Å². The summed E-state index contributed by atoms with van der Waals surface area (Å²) in [5.41, 5.74) is 1.60. The second kappa shape index (κ2) is 6.25. The highest BCUT2D eigenvalue weighted by Gasteiger charge is 2.42. The number of carbonyl (C=O) groups excluding carboxylic acids is 1. The predicted molar refractivity (Wildman–Crippen MR) is 77.2 cm³/mol. The highest BCUT2D eigenvalue weighted by Crippen LogP contribution is 2.49. The van der Waals surface area contributed by atoms with E-state index in [0.717, 1.165) is 24.8 Å². The number of hydrogen-bond donors (Lipinski definition) is 1. The minimum absolute atomic E-state index is 0.139. The monoisotopic (exact) mass is 279 g/mol. The highest BCUT2D eigenvalue weighted by atomic mass is 19.1. The van der Waals surface area contributed by atoms with Crippen LogP contribution < -0.4 is 5.32 Å². The molecular weight excluding hydrogens is 257 g/mol. The van der Waals surface area contributed by atoms with Crippen LogP contribution in [0.1, 0.15) is 38.2 Å². The Morgan fingerprint density at radius 1 is 1.45 bits per heavy atom. The number of aryl methyl sites for hydroxylation is 1. The van der Waals surface area contributed by atoms with Gasteiger partial charge in [-0.15, -0.1) is 0 Å². The third-order valence-corrected chi connectivity index (χ3v) is 3.90. The molecule has 0 heterocycles. The summed E-state index contributed by atoms with van der Waals surface area (Å²) >= 11 is 0. The van der Waals surface area contributed by atoms with Crippen LogP contribution in [0.3, 0.4) is 0 Å². The zero-order valence-electron chi connectivity index (χ0n) is 12.2. The second-order valence-corrected chi connectivity index (χ2v) is 5.64. The van der Waals surface area contributed by atoms with Gasteiger partial charge in [-0.05, 0) is 56.2 Å². The number of benzene rings is 1. The summed E-state index contributed by atoms with van der Waals surface area (Å²) in [5.74, 6) is -0.355. The lowest BCUT2D eigenvalue weighted by molar-refractivity contribution is -0.143. The minimum atomic E-state index is -0.216. The lowest BCUT2D eigenvalue weighted by Gasteiger charge is -2.17. The van der Waals surface area contributed by atoms with E-state index in [1.807, 2.05) is 19.9 Å². The molecule has 0 bridgehead atoms. The summed E-state index contributed by atoms with van der Waals surface area (Å²) in [4.78, 5) is 11.4. The molecule has 1 saturated carbocycles. The SMILES string of the molecule is CCOC(=O)CCC1(CNc2ccc(C)cc2F)CC1. The van der Waals surface area contributed by atoms with E-state index >= 15 is 0 Å². The Morgan fingerprint density at radius 3 is 2.80 bits per heavy atom. The Bertz CT molecular complexity index is 483. The normalized spacial score (nSPS) is 15.8. The van der Waals surface area contributed by atoms with Crippen LogP contribution in [-0.2, 0) is 9.53 Å². The smallest absolute Gasteiger partial charge is 0.305 e. The molecule has 1 aromatic carbocycles. The zero-order chi connectivity index (χ0) is 14.6. The Balaban J connectivity index is 1.82. The van der Waals surface area contributed by atoms with Crippen LogP contribution in [0.25, 0.3) is 0 Å². The summed E-state index contributed by atoms with van der Waals surface area (Å²) < 4.78 is 18.7. The lowest BCUT2D eigenvalue weighted by atomic mass is 10.00. The van der Waals surface area contributed by atoms with Gasteiger partial charge >= 0.3 is 5.97 Å². The fourth-order valence-corrected chi connectivity index (χ4v) is 2.34. The van der Waals surface area contributed by atoms with E-state index in [1.54, 1.807) is 6.07 Å². The van der Waals surface area contributed by atoms with Gasteiger partial charge in [-0.1, -0.05) is 6.07 Å². The van der Waals surface area contributed by atoms with Crippen LogP contribution >= 0.6 is 0 Å². The van der Waals surface area contributed by atoms with Crippen LogP contribution in [-0.4, -0.2) is 19.1 Å². The van der Waals surface area contributed by atoms with Crippen molar-refractivity contribution in [3.05, 3.63) is 29.6 Å². The molecule has 4 heteroatoms. The Morgan fingerprint density at radius 2 is 2.20 bits per heavy atom. The molecule has 1 aliphatic rings. The number of ether oxygens (including phenoxy) is 1. The third-order valence-electron chi connectivity index (χ3n) is 3.90. The average Bonchev–Trinajstić information content (AvgIpc) is 3.17. The van der Waals surface area contributed by atoms with Gasteiger partial charge in [0.05, 0.1) is 12.3 Å². The van der Waals surface area contributed by atoms with Gasteiger partial charge in [0, 0.05) is 13.0 Å². The van der Waals surface area contributed by atoms with Gasteiger partial charge in [0.25, 0.3) is 0 Å². The van der Waals surface area contributed by atoms with Gasteiger partial charge in [-0.3, -0.25) is 4.79 Å². The Kier molecular flexibility index (Phi) is 4.63. The maximum absolute atomic E-state index is 13.7. The van der Waals surface area contributed by atoms with Crippen LogP contribution in [0.5, 0.6) is 0 Å². The molecule has 1 fully saturated rings. The molecule has 0 aromatic heterocycles. The molecular formula is C16H22FNO2. The minimum Gasteiger partial charge on any atom is -0.466 e. The van der Waals surface area contributed by atoms with E-state index in [9.17, 15) is 9.18 Å². The Hall–Kier alpha value is -1.58. The van der Waals surface area contributed by atoms with E-state index in [0.29, 0.717) is 25.3 Å². The Labute approximate surface area is 119 Å². The molecule has 20 heavy (non-hydrogen) atoms. The first kappa shape index (κ1) is 14.8. The molecule has 1 N–H and O–H groups in total. The molecule has 110 valence electrons. The number of esters is 1. The molecule has 0 spiro atoms. The molecule has 3 nitrogen and oxygen atoms in total. The maximum atomic E-state index is 13.7. The van der Waals surface area contributed by atoms with Gasteiger partial charge in [0.1, 0.15) is 5.82 Å². The molecule has 1 aliphatic carbocycles. The van der Waals surface area contributed by atoms with Gasteiger partial charge in [-0.2, -0.15) is 0 Å². The van der Waals surface area contributed by atoms with Gasteiger partial charge in [0.2, 0.25) is 0 Å². The second-order valence-electron chi connectivity index (χ2n) is 5.64. The molecule has 0 unspecified atom stereocenters. The van der Waals surface area contributed by atoms with Crippen molar-refractivity contribution in [2.24, 2.45) is 5.41 Å². The largest absolute Gasteiger partial charge is 0.466 e. The van der Waals surface area contributed by atoms with E-state index in [4.69, 9.17) is 4.74 Å². The first-order chi connectivity index (χ1) is 9.54. The third kappa shape index (κ3) is 3.95. The number of anilines is 1. The summed E-state index contributed by atoms with van der Waals surface area (Å²) in [7, 11) is 0. The van der Waals surface area contributed by atoms with Crippen LogP contribution in [0.2, 0.25) is 0 Å². The number of rotatable bonds is 7. The zero-order valence-corrected chi connectivity index (χ0v) is 12.2. The quantitative estimate of drug-likeness (QED) is 0.774. The molecule has 0 aliphatic heterocycles. The van der Waals surface area contributed by atoms with Crippen molar-refractivity contribution in [2.45, 2.75) is 39.5 Å². The first-order valence-electron chi connectivity index (χ1n) is 7.20. The molecule has 0 saturated heterocycles. The van der Waals surface area contributed by atoms with E-state index in [2.05, 4.69) is 5.32 Å².